The van der Waals surface area contributed by atoms with Gasteiger partial charge < -0.3 is 10.6 Å². The van der Waals surface area contributed by atoms with Crippen LogP contribution in [0.1, 0.15) is 16.7 Å². The minimum absolute atomic E-state index is 0.0426. The molecule has 0 heterocycles. The summed E-state index contributed by atoms with van der Waals surface area (Å²) in [6.07, 6.45) is 0.854. The molecule has 0 spiro atoms. The summed E-state index contributed by atoms with van der Waals surface area (Å²) >= 11 is 11.9. The first kappa shape index (κ1) is 19.3. The molecule has 2 amide bonds. The molecule has 0 atom stereocenters. The van der Waals surface area contributed by atoms with E-state index in [4.69, 9.17) is 23.2 Å². The summed E-state index contributed by atoms with van der Waals surface area (Å²) in [4.78, 5) is 23.6. The number of hydrogen-bond acceptors (Lipinski definition) is 2. The third-order valence-corrected chi connectivity index (χ3v) is 4.25. The molecular weight excluding hydrogens is 359 g/mol. The summed E-state index contributed by atoms with van der Waals surface area (Å²) in [6.45, 7) is 2.39. The molecule has 2 rings (SSSR count). The van der Waals surface area contributed by atoms with Gasteiger partial charge in [-0.1, -0.05) is 59.1 Å². The van der Waals surface area contributed by atoms with Gasteiger partial charge in [-0.15, -0.1) is 0 Å². The highest BCUT2D eigenvalue weighted by Crippen LogP contribution is 2.20. The van der Waals surface area contributed by atoms with Crippen molar-refractivity contribution in [2.24, 2.45) is 0 Å². The second kappa shape index (κ2) is 9.44. The van der Waals surface area contributed by atoms with Crippen LogP contribution in [0.25, 0.3) is 0 Å². The quantitative estimate of drug-likeness (QED) is 0.776. The van der Waals surface area contributed by atoms with Crippen molar-refractivity contribution < 1.29 is 9.59 Å². The molecule has 0 aromatic heterocycles. The number of carbonyl (C=O) groups is 2. The summed E-state index contributed by atoms with van der Waals surface area (Å²) in [7, 11) is 0. The molecule has 0 fully saturated rings. The van der Waals surface area contributed by atoms with Crippen LogP contribution in [0.3, 0.4) is 0 Å². The topological polar surface area (TPSA) is 58.2 Å². The molecular formula is C19H20Cl2N2O2. The lowest BCUT2D eigenvalue weighted by Gasteiger charge is -2.08. The maximum atomic E-state index is 11.9. The van der Waals surface area contributed by atoms with Crippen molar-refractivity contribution in [1.82, 2.24) is 10.6 Å². The average molecular weight is 379 g/mol. The molecule has 6 heteroatoms. The zero-order valence-electron chi connectivity index (χ0n) is 13.9. The maximum absolute atomic E-state index is 11.9. The Hall–Kier alpha value is -2.04. The van der Waals surface area contributed by atoms with Crippen LogP contribution in [0.15, 0.2) is 42.5 Å². The molecule has 132 valence electrons. The molecule has 0 aliphatic heterocycles. The van der Waals surface area contributed by atoms with E-state index in [1.807, 2.05) is 37.3 Å². The normalized spacial score (nSPS) is 10.4. The molecule has 0 saturated carbocycles. The second-order valence-electron chi connectivity index (χ2n) is 5.77. The van der Waals surface area contributed by atoms with Crippen molar-refractivity contribution >= 4 is 35.0 Å². The van der Waals surface area contributed by atoms with Gasteiger partial charge >= 0.3 is 0 Å². The van der Waals surface area contributed by atoms with Crippen molar-refractivity contribution in [2.45, 2.75) is 19.8 Å². The van der Waals surface area contributed by atoms with Crippen LogP contribution < -0.4 is 10.6 Å². The molecule has 0 bridgehead atoms. The lowest BCUT2D eigenvalue weighted by Crippen LogP contribution is -2.38. The van der Waals surface area contributed by atoms with Gasteiger partial charge in [-0.25, -0.2) is 0 Å². The third kappa shape index (κ3) is 6.77. The molecule has 2 N–H and O–H groups in total. The van der Waals surface area contributed by atoms with Crippen molar-refractivity contribution in [1.29, 1.82) is 0 Å². The van der Waals surface area contributed by atoms with Crippen molar-refractivity contribution in [3.63, 3.8) is 0 Å². The Morgan fingerprint density at radius 3 is 2.36 bits per heavy atom. The number of aryl methyl sites for hydroxylation is 1. The SMILES string of the molecule is Cc1ccc(CC(=O)NCC(=O)NCCc2ccc(Cl)cc2Cl)cc1. The average Bonchev–Trinajstić information content (AvgIpc) is 2.57. The van der Waals surface area contributed by atoms with E-state index in [2.05, 4.69) is 10.6 Å². The summed E-state index contributed by atoms with van der Waals surface area (Å²) in [6, 6.07) is 13.0. The van der Waals surface area contributed by atoms with Crippen molar-refractivity contribution in [3.05, 3.63) is 69.2 Å². The molecule has 0 aliphatic rings. The Labute approximate surface area is 157 Å². The number of rotatable bonds is 7. The van der Waals surface area contributed by atoms with Gasteiger partial charge in [-0.05, 0) is 36.6 Å². The predicted molar refractivity (Wildman–Crippen MR) is 101 cm³/mol. The zero-order valence-corrected chi connectivity index (χ0v) is 15.5. The highest BCUT2D eigenvalue weighted by atomic mass is 35.5. The molecule has 0 saturated heterocycles. The first-order valence-corrected chi connectivity index (χ1v) is 8.72. The molecule has 2 aromatic carbocycles. The smallest absolute Gasteiger partial charge is 0.239 e. The predicted octanol–water partition coefficient (Wildman–Crippen LogP) is 3.32. The number of halogens is 2. The largest absolute Gasteiger partial charge is 0.354 e. The van der Waals surface area contributed by atoms with E-state index >= 15 is 0 Å². The van der Waals surface area contributed by atoms with Crippen LogP contribution in [-0.2, 0) is 22.4 Å². The van der Waals surface area contributed by atoms with Crippen LogP contribution in [-0.4, -0.2) is 24.9 Å². The molecule has 25 heavy (non-hydrogen) atoms. The van der Waals surface area contributed by atoms with E-state index in [0.717, 1.165) is 16.7 Å². The Morgan fingerprint density at radius 2 is 1.68 bits per heavy atom. The minimum Gasteiger partial charge on any atom is -0.354 e. The lowest BCUT2D eigenvalue weighted by atomic mass is 10.1. The molecule has 2 aromatic rings. The van der Waals surface area contributed by atoms with Gasteiger partial charge in [0.15, 0.2) is 0 Å². The first-order chi connectivity index (χ1) is 11.9. The number of carbonyl (C=O) groups excluding carboxylic acids is 2. The van der Waals surface area contributed by atoms with Gasteiger partial charge in [0.1, 0.15) is 0 Å². The van der Waals surface area contributed by atoms with Crippen LogP contribution in [0.4, 0.5) is 0 Å². The van der Waals surface area contributed by atoms with Gasteiger partial charge in [-0.2, -0.15) is 0 Å². The van der Waals surface area contributed by atoms with Crippen LogP contribution in [0, 0.1) is 6.92 Å². The minimum atomic E-state index is -0.234. The Bertz CT molecular complexity index is 746. The highest BCUT2D eigenvalue weighted by molar-refractivity contribution is 6.35. The van der Waals surface area contributed by atoms with Gasteiger partial charge in [0, 0.05) is 16.6 Å². The Kier molecular flexibility index (Phi) is 7.29. The number of benzene rings is 2. The summed E-state index contributed by atoms with van der Waals surface area (Å²) in [5.41, 5.74) is 2.97. The van der Waals surface area contributed by atoms with Crippen molar-refractivity contribution in [3.8, 4) is 0 Å². The highest BCUT2D eigenvalue weighted by Gasteiger charge is 2.07. The van der Waals surface area contributed by atoms with Gasteiger partial charge in [0.05, 0.1) is 13.0 Å². The zero-order chi connectivity index (χ0) is 18.2. The van der Waals surface area contributed by atoms with E-state index < -0.39 is 0 Å². The number of nitrogens with one attached hydrogen (secondary N) is 2. The van der Waals surface area contributed by atoms with Crippen LogP contribution in [0.2, 0.25) is 10.0 Å². The van der Waals surface area contributed by atoms with Gasteiger partial charge in [0.2, 0.25) is 11.8 Å². The fourth-order valence-electron chi connectivity index (χ4n) is 2.26. The fourth-order valence-corrected chi connectivity index (χ4v) is 2.76. The van der Waals surface area contributed by atoms with Crippen LogP contribution >= 0.6 is 23.2 Å². The summed E-state index contributed by atoms with van der Waals surface area (Å²) < 4.78 is 0. The Balaban J connectivity index is 1.68. The van der Waals surface area contributed by atoms with E-state index in [0.29, 0.717) is 23.0 Å². The summed E-state index contributed by atoms with van der Waals surface area (Å²) in [5.74, 6) is -0.415. The standard InChI is InChI=1S/C19H20Cl2N2O2/c1-13-2-4-14(5-3-13)10-18(24)23-12-19(25)22-9-8-15-6-7-16(20)11-17(15)21/h2-7,11H,8-10,12H2,1H3,(H,22,25)(H,23,24). The first-order valence-electron chi connectivity index (χ1n) is 7.97. The molecule has 0 unspecified atom stereocenters. The van der Waals surface area contributed by atoms with Gasteiger partial charge in [-0.3, -0.25) is 9.59 Å². The van der Waals surface area contributed by atoms with E-state index in [1.165, 1.54) is 0 Å². The van der Waals surface area contributed by atoms with E-state index in [9.17, 15) is 9.59 Å². The van der Waals surface area contributed by atoms with Crippen LogP contribution in [0.5, 0.6) is 0 Å². The fraction of sp³-hybridized carbons (Fsp3) is 0.263. The number of amides is 2. The maximum Gasteiger partial charge on any atom is 0.239 e. The Morgan fingerprint density at radius 1 is 0.960 bits per heavy atom. The van der Waals surface area contributed by atoms with E-state index in [1.54, 1.807) is 12.1 Å². The third-order valence-electron chi connectivity index (χ3n) is 3.66. The second-order valence-corrected chi connectivity index (χ2v) is 6.62. The molecule has 0 aliphatic carbocycles. The summed E-state index contributed by atoms with van der Waals surface area (Å²) in [5, 5.41) is 6.53. The molecule has 0 radical (unpaired) electrons. The number of hydrogen-bond donors (Lipinski definition) is 2. The molecule has 4 nitrogen and oxygen atoms in total. The van der Waals surface area contributed by atoms with E-state index in [-0.39, 0.29) is 24.8 Å². The van der Waals surface area contributed by atoms with Gasteiger partial charge in [0.25, 0.3) is 0 Å². The van der Waals surface area contributed by atoms with Crippen molar-refractivity contribution in [2.75, 3.05) is 13.1 Å². The lowest BCUT2D eigenvalue weighted by molar-refractivity contribution is -0.125. The monoisotopic (exact) mass is 378 g/mol.